The van der Waals surface area contributed by atoms with E-state index in [2.05, 4.69) is 25.7 Å². The van der Waals surface area contributed by atoms with Gasteiger partial charge in [-0.3, -0.25) is 14.4 Å². The highest BCUT2D eigenvalue weighted by Crippen LogP contribution is 2.26. The number of carboxylic acid groups (broad SMARTS) is 1. The Morgan fingerprint density at radius 2 is 1.82 bits per heavy atom. The Morgan fingerprint density at radius 1 is 1.13 bits per heavy atom. The molecule has 0 radical (unpaired) electrons. The minimum absolute atomic E-state index is 0.0254. The zero-order valence-corrected chi connectivity index (χ0v) is 20.8. The third kappa shape index (κ3) is 7.68. The molecule has 0 unspecified atom stereocenters. The molecule has 0 saturated carbocycles. The number of thioether (sulfide) groups is 1. The zero-order valence-electron chi connectivity index (χ0n) is 20.0. The molecule has 0 bridgehead atoms. The second-order valence-electron chi connectivity index (χ2n) is 8.01. The average molecular weight is 554 g/mol. The summed E-state index contributed by atoms with van der Waals surface area (Å²) in [7, 11) is 0. The normalized spacial score (nSPS) is 13.0. The largest absolute Gasteiger partial charge is 0.573 e. The van der Waals surface area contributed by atoms with Crippen LogP contribution in [0.2, 0.25) is 0 Å². The molecule has 2 amide bonds. The lowest BCUT2D eigenvalue weighted by Crippen LogP contribution is -2.41. The molecule has 0 saturated heterocycles. The van der Waals surface area contributed by atoms with E-state index in [1.165, 1.54) is 25.1 Å². The minimum Gasteiger partial charge on any atom is -0.480 e. The summed E-state index contributed by atoms with van der Waals surface area (Å²) in [5.41, 5.74) is 0.108. The van der Waals surface area contributed by atoms with E-state index in [4.69, 9.17) is 0 Å². The van der Waals surface area contributed by atoms with Crippen molar-refractivity contribution in [1.29, 1.82) is 0 Å². The first-order chi connectivity index (χ1) is 17.8. The number of nitrogens with one attached hydrogen (secondary N) is 2. The van der Waals surface area contributed by atoms with Gasteiger partial charge in [-0.15, -0.1) is 30.0 Å². The van der Waals surface area contributed by atoms with Crippen molar-refractivity contribution in [2.45, 2.75) is 43.7 Å². The molecule has 202 valence electrons. The summed E-state index contributed by atoms with van der Waals surface area (Å²) in [5, 5.41) is 22.2. The Hall–Kier alpha value is -4.14. The topological polar surface area (TPSA) is 153 Å². The molecule has 3 N–H and O–H groups in total. The monoisotopic (exact) mass is 553 g/mol. The molecule has 15 heteroatoms. The number of carboxylic acids is 1. The molecular formula is C23H22F3N5O6S. The Bertz CT molecular complexity index is 1400. The van der Waals surface area contributed by atoms with Gasteiger partial charge in [-0.25, -0.2) is 9.48 Å². The predicted octanol–water partition coefficient (Wildman–Crippen LogP) is 2.25. The summed E-state index contributed by atoms with van der Waals surface area (Å²) in [6.07, 6.45) is -4.82. The summed E-state index contributed by atoms with van der Waals surface area (Å²) in [4.78, 5) is 48.5. The van der Waals surface area contributed by atoms with Gasteiger partial charge in [-0.05, 0) is 36.8 Å². The molecule has 0 aliphatic rings. The summed E-state index contributed by atoms with van der Waals surface area (Å²) < 4.78 is 41.6. The number of rotatable bonds is 10. The molecule has 3 aromatic rings. The number of halogens is 3. The Balaban J connectivity index is 1.69. The number of alkyl halides is 3. The zero-order chi connectivity index (χ0) is 28.0. The van der Waals surface area contributed by atoms with Gasteiger partial charge in [0, 0.05) is 17.6 Å². The molecule has 0 fully saturated rings. The van der Waals surface area contributed by atoms with Crippen LogP contribution in [0.4, 0.5) is 13.2 Å². The van der Waals surface area contributed by atoms with Crippen molar-refractivity contribution in [3.8, 4) is 5.75 Å². The van der Waals surface area contributed by atoms with E-state index in [1.54, 1.807) is 19.1 Å². The van der Waals surface area contributed by atoms with Gasteiger partial charge in [0.15, 0.2) is 0 Å². The van der Waals surface area contributed by atoms with Crippen molar-refractivity contribution < 1.29 is 37.4 Å². The molecule has 38 heavy (non-hydrogen) atoms. The fourth-order valence-electron chi connectivity index (χ4n) is 3.35. The molecule has 1 aromatic heterocycles. The second kappa shape index (κ2) is 11.9. The third-order valence-corrected chi connectivity index (χ3v) is 6.22. The maximum Gasteiger partial charge on any atom is 0.573 e. The van der Waals surface area contributed by atoms with E-state index in [-0.39, 0.29) is 16.7 Å². The van der Waals surface area contributed by atoms with Crippen LogP contribution in [-0.4, -0.2) is 56.0 Å². The quantitative estimate of drug-likeness (QED) is 0.321. The highest BCUT2D eigenvalue weighted by atomic mass is 32.2. The summed E-state index contributed by atoms with van der Waals surface area (Å²) in [6.45, 7) is 2.34. The van der Waals surface area contributed by atoms with Crippen molar-refractivity contribution >= 4 is 40.4 Å². The molecular weight excluding hydrogens is 531 g/mol. The van der Waals surface area contributed by atoms with Crippen LogP contribution in [0.5, 0.6) is 5.75 Å². The van der Waals surface area contributed by atoms with Crippen LogP contribution in [-0.2, 0) is 20.9 Å². The van der Waals surface area contributed by atoms with Crippen molar-refractivity contribution in [1.82, 2.24) is 25.6 Å². The molecule has 1 heterocycles. The number of aliphatic carboxylic acids is 1. The van der Waals surface area contributed by atoms with E-state index >= 15 is 0 Å². The van der Waals surface area contributed by atoms with Crippen LogP contribution in [0.1, 0.15) is 25.5 Å². The van der Waals surface area contributed by atoms with E-state index in [0.717, 1.165) is 28.6 Å². The first-order valence-electron chi connectivity index (χ1n) is 11.0. The smallest absolute Gasteiger partial charge is 0.480 e. The van der Waals surface area contributed by atoms with Crippen LogP contribution in [0.25, 0.3) is 10.9 Å². The molecule has 2 atom stereocenters. The number of ether oxygens (including phenoxy) is 1. The maximum atomic E-state index is 12.9. The van der Waals surface area contributed by atoms with Gasteiger partial charge < -0.3 is 20.5 Å². The summed E-state index contributed by atoms with van der Waals surface area (Å²) in [6, 6.07) is 7.91. The van der Waals surface area contributed by atoms with Crippen molar-refractivity contribution in [3.05, 3.63) is 58.4 Å². The lowest BCUT2D eigenvalue weighted by molar-refractivity contribution is -0.274. The average Bonchev–Trinajstić information content (AvgIpc) is 2.82. The van der Waals surface area contributed by atoms with Gasteiger partial charge in [-0.1, -0.05) is 23.4 Å². The van der Waals surface area contributed by atoms with E-state index in [1.807, 2.05) is 0 Å². The van der Waals surface area contributed by atoms with Crippen LogP contribution in [0.15, 0.2) is 52.2 Å². The van der Waals surface area contributed by atoms with Crippen molar-refractivity contribution in [2.24, 2.45) is 0 Å². The lowest BCUT2D eigenvalue weighted by Gasteiger charge is -2.16. The third-order valence-electron chi connectivity index (χ3n) is 5.08. The number of benzene rings is 2. The van der Waals surface area contributed by atoms with E-state index in [0.29, 0.717) is 10.5 Å². The number of carbonyl (C=O) groups excluding carboxylic acids is 2. The van der Waals surface area contributed by atoms with Gasteiger partial charge in [0.05, 0.1) is 11.4 Å². The fourth-order valence-corrected chi connectivity index (χ4v) is 4.39. The number of hydrogen-bond donors (Lipinski definition) is 3. The van der Waals surface area contributed by atoms with Gasteiger partial charge >= 0.3 is 12.3 Å². The van der Waals surface area contributed by atoms with Gasteiger partial charge in [-0.2, -0.15) is 0 Å². The maximum absolute atomic E-state index is 12.9. The van der Waals surface area contributed by atoms with Gasteiger partial charge in [0.2, 0.25) is 11.8 Å². The van der Waals surface area contributed by atoms with Crippen molar-refractivity contribution in [2.75, 3.05) is 5.75 Å². The van der Waals surface area contributed by atoms with Gasteiger partial charge in [0.25, 0.3) is 5.56 Å². The number of aromatic nitrogens is 3. The molecule has 0 spiro atoms. The summed E-state index contributed by atoms with van der Waals surface area (Å²) >= 11 is 1.07. The number of nitrogens with zero attached hydrogens (tertiary/aromatic N) is 3. The van der Waals surface area contributed by atoms with Crippen LogP contribution >= 0.6 is 11.8 Å². The van der Waals surface area contributed by atoms with Crippen LogP contribution in [0.3, 0.4) is 0 Å². The minimum atomic E-state index is -4.82. The first-order valence-corrected chi connectivity index (χ1v) is 12.0. The predicted molar refractivity (Wildman–Crippen MR) is 129 cm³/mol. The number of hydrogen-bond acceptors (Lipinski definition) is 8. The number of fused-ring (bicyclic) bond motifs is 1. The molecule has 0 aliphatic heterocycles. The van der Waals surface area contributed by atoms with Gasteiger partial charge in [0.1, 0.15) is 23.9 Å². The Labute approximate surface area is 217 Å². The SMILES string of the molecule is CC(=O)N[C@@H](CSc1cccc2c(=O)n(CC(=O)N[C@@H](C)c3ccc(OC(F)(F)F)cc3)nnc12)C(=O)O. The number of carbonyl (C=O) groups is 3. The highest BCUT2D eigenvalue weighted by Gasteiger charge is 2.31. The first kappa shape index (κ1) is 28.4. The molecule has 3 rings (SSSR count). The molecule has 2 aromatic carbocycles. The highest BCUT2D eigenvalue weighted by molar-refractivity contribution is 7.99. The summed E-state index contributed by atoms with van der Waals surface area (Å²) in [5.74, 6) is -2.73. The Kier molecular flexibility index (Phi) is 8.93. The standard InChI is InChI=1S/C23H22F3N5O6S/c1-12(14-6-8-15(9-7-14)37-23(24,25)26)27-19(33)10-31-21(34)16-4-3-5-18(20(16)29-30-31)38-11-17(22(35)36)28-13(2)32/h3-9,12,17H,10-11H2,1-2H3,(H,27,33)(H,28,32)(H,35,36)/t12-,17-/m0/s1. The van der Waals surface area contributed by atoms with E-state index < -0.39 is 54.1 Å². The van der Waals surface area contributed by atoms with Crippen LogP contribution < -0.4 is 20.9 Å². The van der Waals surface area contributed by atoms with Crippen LogP contribution in [0, 0.1) is 0 Å². The molecule has 0 aliphatic carbocycles. The van der Waals surface area contributed by atoms with Crippen molar-refractivity contribution in [3.63, 3.8) is 0 Å². The number of amides is 2. The van der Waals surface area contributed by atoms with E-state index in [9.17, 15) is 37.5 Å². The lowest BCUT2D eigenvalue weighted by atomic mass is 10.1. The second-order valence-corrected chi connectivity index (χ2v) is 9.07. The fraction of sp³-hybridized carbons (Fsp3) is 0.304. The molecule has 11 nitrogen and oxygen atoms in total. The Morgan fingerprint density at radius 3 is 2.42 bits per heavy atom.